The van der Waals surface area contributed by atoms with Crippen molar-refractivity contribution >= 4 is 21.6 Å². The van der Waals surface area contributed by atoms with Crippen LogP contribution < -0.4 is 10.1 Å². The average Bonchev–Trinajstić information content (AvgIpc) is 2.31. The fraction of sp³-hybridized carbons (Fsp3) is 0.500. The third-order valence-electron chi connectivity index (χ3n) is 2.08. The van der Waals surface area contributed by atoms with Crippen LogP contribution in [-0.4, -0.2) is 26.1 Å². The summed E-state index contributed by atoms with van der Waals surface area (Å²) in [7, 11) is 0. The van der Waals surface area contributed by atoms with Crippen molar-refractivity contribution < 1.29 is 22.6 Å². The second kappa shape index (κ2) is 7.59. The highest BCUT2D eigenvalue weighted by atomic mass is 79.9. The van der Waals surface area contributed by atoms with Crippen molar-refractivity contribution in [2.75, 3.05) is 25.1 Å². The van der Waals surface area contributed by atoms with Gasteiger partial charge in [0.1, 0.15) is 5.75 Å². The molecule has 0 aliphatic carbocycles. The number of alkyl halides is 3. The van der Waals surface area contributed by atoms with Crippen molar-refractivity contribution in [3.8, 4) is 5.75 Å². The van der Waals surface area contributed by atoms with Crippen molar-refractivity contribution in [2.24, 2.45) is 0 Å². The molecule has 0 spiro atoms. The lowest BCUT2D eigenvalue weighted by Gasteiger charge is -2.12. The number of halogens is 4. The quantitative estimate of drug-likeness (QED) is 0.754. The van der Waals surface area contributed by atoms with Crippen molar-refractivity contribution in [1.29, 1.82) is 0 Å². The Bertz CT molecular complexity index is 399. The molecular formula is C12H15BrF3NO2. The van der Waals surface area contributed by atoms with E-state index in [9.17, 15) is 13.2 Å². The number of hydrogen-bond acceptors (Lipinski definition) is 3. The average molecular weight is 342 g/mol. The molecule has 108 valence electrons. The Kier molecular flexibility index (Phi) is 6.44. The molecule has 0 heterocycles. The van der Waals surface area contributed by atoms with Gasteiger partial charge in [-0.05, 0) is 40.5 Å². The number of rotatable bonds is 7. The van der Waals surface area contributed by atoms with Crippen LogP contribution in [0.5, 0.6) is 5.75 Å². The number of nitrogens with one attached hydrogen (secondary N) is 1. The zero-order chi connectivity index (χ0) is 14.3. The van der Waals surface area contributed by atoms with Gasteiger partial charge in [-0.25, -0.2) is 0 Å². The maximum atomic E-state index is 12.1. The molecule has 0 amide bonds. The molecule has 0 saturated carbocycles. The number of hydrogen-bond donors (Lipinski definition) is 1. The normalized spacial score (nSPS) is 11.4. The van der Waals surface area contributed by atoms with Crippen LogP contribution in [0.25, 0.3) is 0 Å². The van der Waals surface area contributed by atoms with E-state index in [1.165, 1.54) is 18.2 Å². The lowest BCUT2D eigenvalue weighted by molar-refractivity contribution is -0.274. The van der Waals surface area contributed by atoms with Crippen molar-refractivity contribution in [1.82, 2.24) is 0 Å². The Balaban J connectivity index is 2.47. The van der Waals surface area contributed by atoms with Gasteiger partial charge in [0, 0.05) is 18.8 Å². The van der Waals surface area contributed by atoms with Crippen molar-refractivity contribution in [2.45, 2.75) is 19.7 Å². The van der Waals surface area contributed by atoms with Crippen LogP contribution in [0.4, 0.5) is 18.9 Å². The zero-order valence-electron chi connectivity index (χ0n) is 10.4. The van der Waals surface area contributed by atoms with E-state index in [0.29, 0.717) is 25.4 Å². The van der Waals surface area contributed by atoms with Crippen LogP contribution in [0.15, 0.2) is 22.7 Å². The first-order valence-corrected chi connectivity index (χ1v) is 6.58. The van der Waals surface area contributed by atoms with Gasteiger partial charge < -0.3 is 14.8 Å². The van der Waals surface area contributed by atoms with E-state index in [2.05, 4.69) is 26.0 Å². The van der Waals surface area contributed by atoms with Gasteiger partial charge in [0.05, 0.1) is 11.1 Å². The van der Waals surface area contributed by atoms with E-state index in [-0.39, 0.29) is 10.2 Å². The molecular weight excluding hydrogens is 327 g/mol. The highest BCUT2D eigenvalue weighted by Gasteiger charge is 2.31. The lowest BCUT2D eigenvalue weighted by atomic mass is 10.3. The molecule has 0 aliphatic heterocycles. The van der Waals surface area contributed by atoms with Crippen molar-refractivity contribution in [3.63, 3.8) is 0 Å². The molecule has 0 saturated heterocycles. The molecule has 0 radical (unpaired) electrons. The Labute approximate surface area is 118 Å². The van der Waals surface area contributed by atoms with Gasteiger partial charge in [0.2, 0.25) is 0 Å². The van der Waals surface area contributed by atoms with Gasteiger partial charge in [-0.15, -0.1) is 13.2 Å². The van der Waals surface area contributed by atoms with E-state index in [1.807, 2.05) is 6.92 Å². The number of ether oxygens (including phenoxy) is 2. The molecule has 0 aliphatic rings. The van der Waals surface area contributed by atoms with Crippen molar-refractivity contribution in [3.05, 3.63) is 22.7 Å². The summed E-state index contributed by atoms with van der Waals surface area (Å²) in [5, 5.41) is 3.04. The van der Waals surface area contributed by atoms with E-state index in [0.717, 1.165) is 6.42 Å². The molecule has 0 fully saturated rings. The van der Waals surface area contributed by atoms with Crippen LogP contribution in [0.2, 0.25) is 0 Å². The molecule has 1 rings (SSSR count). The minimum Gasteiger partial charge on any atom is -0.405 e. The van der Waals surface area contributed by atoms with Gasteiger partial charge in [0.25, 0.3) is 0 Å². The molecule has 3 nitrogen and oxygen atoms in total. The SMILES string of the molecule is CCCOCCNc1ccc(OC(F)(F)F)c(Br)c1. The van der Waals surface area contributed by atoms with E-state index in [1.54, 1.807) is 0 Å². The number of benzene rings is 1. The van der Waals surface area contributed by atoms with Gasteiger partial charge in [0.15, 0.2) is 0 Å². The second-order valence-electron chi connectivity index (χ2n) is 3.73. The van der Waals surface area contributed by atoms with Crippen LogP contribution in [0, 0.1) is 0 Å². The predicted molar refractivity (Wildman–Crippen MR) is 70.4 cm³/mol. The molecule has 0 aromatic heterocycles. The van der Waals surface area contributed by atoms with E-state index in [4.69, 9.17) is 4.74 Å². The van der Waals surface area contributed by atoms with Crippen LogP contribution in [-0.2, 0) is 4.74 Å². The summed E-state index contributed by atoms with van der Waals surface area (Å²) in [6.45, 7) is 3.85. The predicted octanol–water partition coefficient (Wildman–Crippen LogP) is 4.19. The first-order valence-electron chi connectivity index (χ1n) is 5.79. The van der Waals surface area contributed by atoms with Gasteiger partial charge in [-0.2, -0.15) is 0 Å². The van der Waals surface area contributed by atoms with Gasteiger partial charge in [-0.1, -0.05) is 6.92 Å². The Morgan fingerprint density at radius 1 is 1.26 bits per heavy atom. The first-order chi connectivity index (χ1) is 8.92. The lowest BCUT2D eigenvalue weighted by Crippen LogP contribution is -2.17. The largest absolute Gasteiger partial charge is 0.573 e. The maximum absolute atomic E-state index is 12.1. The summed E-state index contributed by atoms with van der Waals surface area (Å²) in [5.41, 5.74) is 0.696. The Hall–Kier alpha value is -0.950. The highest BCUT2D eigenvalue weighted by Crippen LogP contribution is 2.32. The highest BCUT2D eigenvalue weighted by molar-refractivity contribution is 9.10. The third-order valence-corrected chi connectivity index (χ3v) is 2.70. The Morgan fingerprint density at radius 3 is 2.58 bits per heavy atom. The first kappa shape index (κ1) is 16.1. The minimum absolute atomic E-state index is 0.240. The minimum atomic E-state index is -4.69. The van der Waals surface area contributed by atoms with E-state index < -0.39 is 6.36 Å². The monoisotopic (exact) mass is 341 g/mol. The van der Waals surface area contributed by atoms with Crippen LogP contribution in [0.3, 0.4) is 0 Å². The summed E-state index contributed by atoms with van der Waals surface area (Å²) in [6.07, 6.45) is -3.74. The molecule has 1 N–H and O–H groups in total. The standard InChI is InChI=1S/C12H15BrF3NO2/c1-2-6-18-7-5-17-9-3-4-11(10(13)8-9)19-12(14,15)16/h3-4,8,17H,2,5-7H2,1H3. The molecule has 19 heavy (non-hydrogen) atoms. The smallest absolute Gasteiger partial charge is 0.405 e. The van der Waals surface area contributed by atoms with Gasteiger partial charge >= 0.3 is 6.36 Å². The molecule has 0 unspecified atom stereocenters. The van der Waals surface area contributed by atoms with Crippen LogP contribution in [0.1, 0.15) is 13.3 Å². The summed E-state index contributed by atoms with van der Waals surface area (Å²) >= 11 is 3.04. The molecule has 7 heteroatoms. The molecule has 1 aromatic carbocycles. The summed E-state index contributed by atoms with van der Waals surface area (Å²) < 4.78 is 45.6. The molecule has 0 bridgehead atoms. The summed E-state index contributed by atoms with van der Waals surface area (Å²) in [6, 6.07) is 4.30. The second-order valence-corrected chi connectivity index (χ2v) is 4.59. The third kappa shape index (κ3) is 6.68. The van der Waals surface area contributed by atoms with Gasteiger partial charge in [-0.3, -0.25) is 0 Å². The topological polar surface area (TPSA) is 30.5 Å². The molecule has 1 aromatic rings. The van der Waals surface area contributed by atoms with Crippen LogP contribution >= 0.6 is 15.9 Å². The fourth-order valence-corrected chi connectivity index (χ4v) is 1.79. The number of anilines is 1. The zero-order valence-corrected chi connectivity index (χ0v) is 12.0. The summed E-state index contributed by atoms with van der Waals surface area (Å²) in [4.78, 5) is 0. The summed E-state index contributed by atoms with van der Waals surface area (Å²) in [5.74, 6) is -0.264. The fourth-order valence-electron chi connectivity index (χ4n) is 1.33. The molecule has 0 atom stereocenters. The maximum Gasteiger partial charge on any atom is 0.573 e. The Morgan fingerprint density at radius 2 is 2.00 bits per heavy atom. The van der Waals surface area contributed by atoms with E-state index >= 15 is 0 Å².